The van der Waals surface area contributed by atoms with Crippen LogP contribution in [0.15, 0.2) is 36.9 Å². The average Bonchev–Trinajstić information content (AvgIpc) is 3.38. The SMILES string of the molecule is CC(C)Nc1cc(-n2ncc3cc(C#N)cnc32)ncc1-c1cn(CCCN)nn1. The second-order valence-corrected chi connectivity index (χ2v) is 7.20. The molecule has 0 amide bonds. The smallest absolute Gasteiger partial charge is 0.164 e. The molecule has 3 N–H and O–H groups in total. The minimum Gasteiger partial charge on any atom is -0.382 e. The molecule has 0 bridgehead atoms. The average molecular weight is 402 g/mol. The third kappa shape index (κ3) is 3.83. The number of pyridine rings is 2. The number of aryl methyl sites for hydroxylation is 1. The first kappa shape index (κ1) is 19.5. The van der Waals surface area contributed by atoms with Crippen molar-refractivity contribution < 1.29 is 0 Å². The van der Waals surface area contributed by atoms with Gasteiger partial charge >= 0.3 is 0 Å². The molecule has 4 aromatic heterocycles. The number of rotatable bonds is 7. The molecule has 10 heteroatoms. The van der Waals surface area contributed by atoms with E-state index in [1.165, 1.54) is 6.20 Å². The van der Waals surface area contributed by atoms with Crippen molar-refractivity contribution >= 4 is 16.7 Å². The lowest BCUT2D eigenvalue weighted by Gasteiger charge is -2.14. The van der Waals surface area contributed by atoms with Gasteiger partial charge in [-0.2, -0.15) is 15.0 Å². The van der Waals surface area contributed by atoms with Crippen LogP contribution < -0.4 is 11.1 Å². The van der Waals surface area contributed by atoms with Crippen LogP contribution in [-0.2, 0) is 6.54 Å². The van der Waals surface area contributed by atoms with Crippen molar-refractivity contribution in [3.8, 4) is 23.1 Å². The Hall–Kier alpha value is -3.84. The molecule has 0 saturated heterocycles. The Morgan fingerprint density at radius 1 is 1.20 bits per heavy atom. The first-order chi connectivity index (χ1) is 14.6. The quantitative estimate of drug-likeness (QED) is 0.480. The Kier molecular flexibility index (Phi) is 5.36. The fraction of sp³-hybridized carbons (Fsp3) is 0.300. The maximum absolute atomic E-state index is 9.07. The highest BCUT2D eigenvalue weighted by atomic mass is 15.4. The van der Waals surface area contributed by atoms with Crippen LogP contribution in [0.3, 0.4) is 0 Å². The van der Waals surface area contributed by atoms with Crippen molar-refractivity contribution in [1.29, 1.82) is 5.26 Å². The van der Waals surface area contributed by atoms with Crippen LogP contribution in [0.4, 0.5) is 5.69 Å². The van der Waals surface area contributed by atoms with Gasteiger partial charge in [0.05, 0.1) is 18.0 Å². The molecular formula is C20H22N10. The van der Waals surface area contributed by atoms with E-state index in [2.05, 4.69) is 50.6 Å². The number of nitriles is 1. The van der Waals surface area contributed by atoms with Crippen LogP contribution in [0.25, 0.3) is 28.1 Å². The molecule has 0 aliphatic heterocycles. The molecule has 0 aliphatic carbocycles. The number of nitrogens with zero attached hydrogens (tertiary/aromatic N) is 8. The largest absolute Gasteiger partial charge is 0.382 e. The summed E-state index contributed by atoms with van der Waals surface area (Å²) in [5.74, 6) is 0.615. The van der Waals surface area contributed by atoms with Crippen molar-refractivity contribution in [2.24, 2.45) is 5.73 Å². The van der Waals surface area contributed by atoms with Crippen molar-refractivity contribution in [2.75, 3.05) is 11.9 Å². The molecule has 4 heterocycles. The van der Waals surface area contributed by atoms with Gasteiger partial charge in [0, 0.05) is 47.7 Å². The number of nitrogens with one attached hydrogen (secondary N) is 1. The van der Waals surface area contributed by atoms with E-state index in [4.69, 9.17) is 11.0 Å². The van der Waals surface area contributed by atoms with E-state index in [1.807, 2.05) is 12.3 Å². The van der Waals surface area contributed by atoms with Gasteiger partial charge in [-0.25, -0.2) is 9.97 Å². The summed E-state index contributed by atoms with van der Waals surface area (Å²) in [5, 5.41) is 26.2. The lowest BCUT2D eigenvalue weighted by molar-refractivity contribution is 0.564. The maximum atomic E-state index is 9.07. The van der Waals surface area contributed by atoms with E-state index in [1.54, 1.807) is 27.8 Å². The Balaban J connectivity index is 1.75. The van der Waals surface area contributed by atoms with Gasteiger partial charge in [-0.15, -0.1) is 5.10 Å². The van der Waals surface area contributed by atoms with E-state index in [9.17, 15) is 0 Å². The summed E-state index contributed by atoms with van der Waals surface area (Å²) in [6, 6.07) is 5.97. The lowest BCUT2D eigenvalue weighted by Crippen LogP contribution is -2.12. The van der Waals surface area contributed by atoms with Crippen molar-refractivity contribution in [2.45, 2.75) is 32.9 Å². The van der Waals surface area contributed by atoms with Crippen molar-refractivity contribution in [1.82, 2.24) is 34.7 Å². The highest BCUT2D eigenvalue weighted by Gasteiger charge is 2.15. The molecule has 0 unspecified atom stereocenters. The highest BCUT2D eigenvalue weighted by Crippen LogP contribution is 2.28. The predicted molar refractivity (Wildman–Crippen MR) is 113 cm³/mol. The molecule has 4 rings (SSSR count). The summed E-state index contributed by atoms with van der Waals surface area (Å²) < 4.78 is 3.44. The monoisotopic (exact) mass is 402 g/mol. The van der Waals surface area contributed by atoms with Crippen LogP contribution in [-0.4, -0.2) is 47.3 Å². The van der Waals surface area contributed by atoms with Crippen LogP contribution in [0.5, 0.6) is 0 Å². The summed E-state index contributed by atoms with van der Waals surface area (Å²) in [5.41, 5.74) is 9.16. The van der Waals surface area contributed by atoms with Gasteiger partial charge < -0.3 is 11.1 Å². The van der Waals surface area contributed by atoms with E-state index in [0.717, 1.165) is 35.3 Å². The lowest BCUT2D eigenvalue weighted by atomic mass is 10.1. The summed E-state index contributed by atoms with van der Waals surface area (Å²) in [7, 11) is 0. The van der Waals surface area contributed by atoms with Gasteiger partial charge in [0.1, 0.15) is 11.8 Å². The zero-order valence-electron chi connectivity index (χ0n) is 16.8. The second-order valence-electron chi connectivity index (χ2n) is 7.20. The fourth-order valence-corrected chi connectivity index (χ4v) is 3.13. The minimum absolute atomic E-state index is 0.206. The molecule has 0 fully saturated rings. The molecule has 0 atom stereocenters. The van der Waals surface area contributed by atoms with Gasteiger partial charge in [-0.1, -0.05) is 5.21 Å². The van der Waals surface area contributed by atoms with Crippen LogP contribution in [0.2, 0.25) is 0 Å². The molecule has 30 heavy (non-hydrogen) atoms. The summed E-state index contributed by atoms with van der Waals surface area (Å²) >= 11 is 0. The Labute approximate surface area is 173 Å². The molecule has 0 saturated carbocycles. The summed E-state index contributed by atoms with van der Waals surface area (Å²) in [6.45, 7) is 5.46. The second kappa shape index (κ2) is 8.26. The fourth-order valence-electron chi connectivity index (χ4n) is 3.13. The molecule has 0 aromatic carbocycles. The van der Waals surface area contributed by atoms with E-state index in [-0.39, 0.29) is 6.04 Å². The van der Waals surface area contributed by atoms with E-state index in [0.29, 0.717) is 23.6 Å². The predicted octanol–water partition coefficient (Wildman–Crippen LogP) is 2.11. The number of aromatic nitrogens is 7. The number of nitrogens with two attached hydrogens (primary N) is 1. The molecular weight excluding hydrogens is 380 g/mol. The van der Waals surface area contributed by atoms with E-state index < -0.39 is 0 Å². The Bertz CT molecular complexity index is 1210. The first-order valence-electron chi connectivity index (χ1n) is 9.70. The third-order valence-electron chi connectivity index (χ3n) is 4.49. The van der Waals surface area contributed by atoms with Crippen molar-refractivity contribution in [3.63, 3.8) is 0 Å². The first-order valence-corrected chi connectivity index (χ1v) is 9.70. The van der Waals surface area contributed by atoms with Crippen LogP contribution in [0.1, 0.15) is 25.8 Å². The van der Waals surface area contributed by atoms with Gasteiger partial charge in [0.15, 0.2) is 11.5 Å². The van der Waals surface area contributed by atoms with Gasteiger partial charge in [0.25, 0.3) is 0 Å². The zero-order chi connectivity index (χ0) is 21.1. The third-order valence-corrected chi connectivity index (χ3v) is 4.49. The number of anilines is 1. The summed E-state index contributed by atoms with van der Waals surface area (Å²) in [6.07, 6.45) is 7.70. The minimum atomic E-state index is 0.206. The molecule has 152 valence electrons. The highest BCUT2D eigenvalue weighted by molar-refractivity contribution is 5.79. The molecule has 0 aliphatic rings. The van der Waals surface area contributed by atoms with Crippen LogP contribution in [0, 0.1) is 11.3 Å². The van der Waals surface area contributed by atoms with Crippen molar-refractivity contribution in [3.05, 3.63) is 42.5 Å². The molecule has 0 spiro atoms. The van der Waals surface area contributed by atoms with Gasteiger partial charge in [-0.05, 0) is 32.9 Å². The Morgan fingerprint density at radius 3 is 2.83 bits per heavy atom. The van der Waals surface area contributed by atoms with Crippen LogP contribution >= 0.6 is 0 Å². The molecule has 10 nitrogen and oxygen atoms in total. The number of hydrogen-bond acceptors (Lipinski definition) is 8. The van der Waals surface area contributed by atoms with E-state index >= 15 is 0 Å². The number of hydrogen-bond donors (Lipinski definition) is 2. The number of fused-ring (bicyclic) bond motifs is 1. The van der Waals surface area contributed by atoms with Gasteiger partial charge in [0.2, 0.25) is 0 Å². The maximum Gasteiger partial charge on any atom is 0.164 e. The zero-order valence-corrected chi connectivity index (χ0v) is 16.8. The molecule has 4 aromatic rings. The summed E-state index contributed by atoms with van der Waals surface area (Å²) in [4.78, 5) is 8.96. The standard InChI is InChI=1S/C20H22N10/c1-13(2)26-17-7-19(30-20-15(10-25-30)6-14(8-22)9-24-20)23-11-16(17)18-12-29(28-27-18)5-3-4-21/h6-7,9-13H,3-5,21H2,1-2H3,(H,23,26). The molecule has 0 radical (unpaired) electrons. The normalized spacial score (nSPS) is 11.2. The van der Waals surface area contributed by atoms with Gasteiger partial charge in [-0.3, -0.25) is 4.68 Å². The topological polar surface area (TPSA) is 136 Å². The Morgan fingerprint density at radius 2 is 2.07 bits per heavy atom.